The number of carbonyl (C=O) groups is 2. The Bertz CT molecular complexity index is 1030. The molecule has 5 nitrogen and oxygen atoms in total. The molecular formula is C22H19NO4. The van der Waals surface area contributed by atoms with Gasteiger partial charge in [0.05, 0.1) is 0 Å². The highest BCUT2D eigenvalue weighted by atomic mass is 16.5. The number of para-hydroxylation sites is 1. The number of nitrogens with zero attached hydrogens (tertiary/aromatic N) is 1. The first-order chi connectivity index (χ1) is 13.1. The smallest absolute Gasteiger partial charge is 0.342 e. The molecule has 0 spiro atoms. The maximum atomic E-state index is 12.6. The zero-order chi connectivity index (χ0) is 18.8. The van der Waals surface area contributed by atoms with E-state index in [0.717, 1.165) is 34.9 Å². The maximum Gasteiger partial charge on any atom is 0.342 e. The van der Waals surface area contributed by atoms with E-state index in [2.05, 4.69) is 0 Å². The summed E-state index contributed by atoms with van der Waals surface area (Å²) in [7, 11) is 0. The Morgan fingerprint density at radius 1 is 1.00 bits per heavy atom. The topological polar surface area (TPSA) is 66.8 Å². The minimum Gasteiger partial charge on any atom is -0.507 e. The summed E-state index contributed by atoms with van der Waals surface area (Å²) in [5, 5.41) is 11.8. The summed E-state index contributed by atoms with van der Waals surface area (Å²) in [5.41, 5.74) is 2.05. The Morgan fingerprint density at radius 3 is 2.52 bits per heavy atom. The van der Waals surface area contributed by atoms with Crippen LogP contribution in [0.1, 0.15) is 22.3 Å². The molecule has 0 fully saturated rings. The Labute approximate surface area is 156 Å². The molecule has 4 rings (SSSR count). The Hall–Kier alpha value is -3.34. The molecule has 0 unspecified atom stereocenters. The number of hydrogen-bond donors (Lipinski definition) is 1. The fraction of sp³-hybridized carbons (Fsp3) is 0.182. The number of hydrogen-bond acceptors (Lipinski definition) is 4. The standard InChI is InChI=1S/C22H19NO4/c24-20-13-17-8-2-1-7-16(17)12-18(20)22(26)27-14-21(25)23-11-5-9-15-6-3-4-10-19(15)23/h1-4,6-8,10,12-13,24H,5,9,11,14H2. The van der Waals surface area contributed by atoms with Gasteiger partial charge in [0.1, 0.15) is 11.3 Å². The van der Waals surface area contributed by atoms with Gasteiger partial charge in [0.25, 0.3) is 5.91 Å². The summed E-state index contributed by atoms with van der Waals surface area (Å²) in [5.74, 6) is -1.14. The van der Waals surface area contributed by atoms with Crippen molar-refractivity contribution >= 4 is 28.3 Å². The van der Waals surface area contributed by atoms with Crippen molar-refractivity contribution in [3.8, 4) is 5.75 Å². The third-order valence-corrected chi connectivity index (χ3v) is 4.82. The van der Waals surface area contributed by atoms with Crippen LogP contribution in [0.2, 0.25) is 0 Å². The van der Waals surface area contributed by atoms with E-state index in [0.29, 0.717) is 6.54 Å². The molecule has 1 aliphatic rings. The molecule has 27 heavy (non-hydrogen) atoms. The molecule has 0 aliphatic carbocycles. The highest BCUT2D eigenvalue weighted by Gasteiger charge is 2.24. The summed E-state index contributed by atoms with van der Waals surface area (Å²) in [6.07, 6.45) is 1.81. The van der Waals surface area contributed by atoms with Crippen LogP contribution in [0.25, 0.3) is 10.8 Å². The first-order valence-corrected chi connectivity index (χ1v) is 8.90. The largest absolute Gasteiger partial charge is 0.507 e. The number of phenols is 1. The second kappa shape index (κ2) is 7.11. The van der Waals surface area contributed by atoms with Gasteiger partial charge in [-0.25, -0.2) is 4.79 Å². The lowest BCUT2D eigenvalue weighted by Gasteiger charge is -2.29. The SMILES string of the molecule is O=C(OCC(=O)N1CCCc2ccccc21)c1cc2ccccc2cc1O. The molecule has 136 valence electrons. The number of benzene rings is 3. The van der Waals surface area contributed by atoms with Crippen molar-refractivity contribution in [1.29, 1.82) is 0 Å². The van der Waals surface area contributed by atoms with Crippen molar-refractivity contribution in [3.63, 3.8) is 0 Å². The number of aromatic hydroxyl groups is 1. The van der Waals surface area contributed by atoms with E-state index in [1.54, 1.807) is 11.0 Å². The van der Waals surface area contributed by atoms with Crippen LogP contribution >= 0.6 is 0 Å². The molecule has 0 saturated carbocycles. The molecular weight excluding hydrogens is 342 g/mol. The van der Waals surface area contributed by atoms with Crippen molar-refractivity contribution in [2.75, 3.05) is 18.1 Å². The van der Waals surface area contributed by atoms with Gasteiger partial charge in [-0.2, -0.15) is 0 Å². The summed E-state index contributed by atoms with van der Waals surface area (Å²) < 4.78 is 5.20. The average molecular weight is 361 g/mol. The number of aryl methyl sites for hydroxylation is 1. The summed E-state index contributed by atoms with van der Waals surface area (Å²) in [4.78, 5) is 26.6. The van der Waals surface area contributed by atoms with Crippen molar-refractivity contribution in [2.45, 2.75) is 12.8 Å². The van der Waals surface area contributed by atoms with Crippen LogP contribution in [0.3, 0.4) is 0 Å². The van der Waals surface area contributed by atoms with Gasteiger partial charge in [-0.05, 0) is 47.4 Å². The number of anilines is 1. The van der Waals surface area contributed by atoms with Gasteiger partial charge in [0, 0.05) is 12.2 Å². The van der Waals surface area contributed by atoms with Gasteiger partial charge in [0.15, 0.2) is 6.61 Å². The summed E-state index contributed by atoms with van der Waals surface area (Å²) in [6.45, 7) is 0.244. The second-order valence-electron chi connectivity index (χ2n) is 6.57. The van der Waals surface area contributed by atoms with Gasteiger partial charge in [-0.1, -0.05) is 42.5 Å². The van der Waals surface area contributed by atoms with Crippen LogP contribution in [0.4, 0.5) is 5.69 Å². The lowest BCUT2D eigenvalue weighted by molar-refractivity contribution is -0.121. The Morgan fingerprint density at radius 2 is 1.70 bits per heavy atom. The zero-order valence-electron chi connectivity index (χ0n) is 14.7. The zero-order valence-corrected chi connectivity index (χ0v) is 14.7. The van der Waals surface area contributed by atoms with Crippen molar-refractivity contribution in [1.82, 2.24) is 0 Å². The molecule has 1 amide bonds. The second-order valence-corrected chi connectivity index (χ2v) is 6.57. The normalized spacial score (nSPS) is 13.3. The monoisotopic (exact) mass is 361 g/mol. The van der Waals surface area contributed by atoms with Gasteiger partial charge < -0.3 is 14.7 Å². The molecule has 3 aromatic rings. The first-order valence-electron chi connectivity index (χ1n) is 8.90. The number of esters is 1. The lowest BCUT2D eigenvalue weighted by Crippen LogP contribution is -2.38. The predicted molar refractivity (Wildman–Crippen MR) is 103 cm³/mol. The number of rotatable bonds is 3. The van der Waals surface area contributed by atoms with Crippen molar-refractivity contribution < 1.29 is 19.4 Å². The van der Waals surface area contributed by atoms with E-state index in [1.165, 1.54) is 6.07 Å². The lowest BCUT2D eigenvalue weighted by atomic mass is 10.0. The van der Waals surface area contributed by atoms with Crippen LogP contribution in [-0.2, 0) is 16.0 Å². The molecule has 0 bridgehead atoms. The number of amides is 1. The minimum atomic E-state index is -0.711. The van der Waals surface area contributed by atoms with Crippen LogP contribution in [0.5, 0.6) is 5.75 Å². The molecule has 0 radical (unpaired) electrons. The highest BCUT2D eigenvalue weighted by Crippen LogP contribution is 2.28. The van der Waals surface area contributed by atoms with Crippen LogP contribution in [0, 0.1) is 0 Å². The molecule has 1 heterocycles. The molecule has 0 aromatic heterocycles. The average Bonchev–Trinajstić information content (AvgIpc) is 2.70. The first kappa shape index (κ1) is 17.1. The van der Waals surface area contributed by atoms with Crippen LogP contribution in [0.15, 0.2) is 60.7 Å². The van der Waals surface area contributed by atoms with Gasteiger partial charge in [-0.3, -0.25) is 4.79 Å². The van der Waals surface area contributed by atoms with E-state index in [9.17, 15) is 14.7 Å². The Balaban J connectivity index is 1.48. The summed E-state index contributed by atoms with van der Waals surface area (Å²) in [6, 6.07) is 18.3. The van der Waals surface area contributed by atoms with Crippen LogP contribution in [-0.4, -0.2) is 30.1 Å². The summed E-state index contributed by atoms with van der Waals surface area (Å²) >= 11 is 0. The quantitative estimate of drug-likeness (QED) is 0.723. The third kappa shape index (κ3) is 3.36. The highest BCUT2D eigenvalue weighted by molar-refractivity contribution is 6.01. The molecule has 3 aromatic carbocycles. The fourth-order valence-electron chi connectivity index (χ4n) is 3.47. The molecule has 1 aliphatic heterocycles. The Kier molecular flexibility index (Phi) is 4.50. The van der Waals surface area contributed by atoms with E-state index in [1.807, 2.05) is 48.5 Å². The van der Waals surface area contributed by atoms with E-state index < -0.39 is 5.97 Å². The van der Waals surface area contributed by atoms with E-state index in [-0.39, 0.29) is 23.8 Å². The molecule has 5 heteroatoms. The third-order valence-electron chi connectivity index (χ3n) is 4.82. The molecule has 0 saturated heterocycles. The van der Waals surface area contributed by atoms with E-state index >= 15 is 0 Å². The van der Waals surface area contributed by atoms with Gasteiger partial charge in [0.2, 0.25) is 0 Å². The van der Waals surface area contributed by atoms with Gasteiger partial charge >= 0.3 is 5.97 Å². The van der Waals surface area contributed by atoms with Crippen LogP contribution < -0.4 is 4.90 Å². The van der Waals surface area contributed by atoms with Crippen molar-refractivity contribution in [3.05, 3.63) is 71.8 Å². The van der Waals surface area contributed by atoms with E-state index in [4.69, 9.17) is 4.74 Å². The number of fused-ring (bicyclic) bond motifs is 2. The molecule has 1 N–H and O–H groups in total. The fourth-order valence-corrected chi connectivity index (χ4v) is 3.47. The molecule has 0 atom stereocenters. The number of phenolic OH excluding ortho intramolecular Hbond substituents is 1. The maximum absolute atomic E-state index is 12.6. The number of ether oxygens (including phenoxy) is 1. The van der Waals surface area contributed by atoms with Crippen molar-refractivity contribution in [2.24, 2.45) is 0 Å². The minimum absolute atomic E-state index is 0.0561. The number of carbonyl (C=O) groups excluding carboxylic acids is 2. The van der Waals surface area contributed by atoms with Gasteiger partial charge in [-0.15, -0.1) is 0 Å². The predicted octanol–water partition coefficient (Wildman–Crippen LogP) is 3.68.